The molecular formula is C16H20ClNO4S. The fourth-order valence-electron chi connectivity index (χ4n) is 3.27. The fourth-order valence-corrected chi connectivity index (χ4v) is 5.20. The van der Waals surface area contributed by atoms with Crippen LogP contribution in [0.15, 0.2) is 18.2 Å². The molecule has 0 spiro atoms. The van der Waals surface area contributed by atoms with Crippen molar-refractivity contribution in [3.8, 4) is 5.75 Å². The van der Waals surface area contributed by atoms with Crippen LogP contribution in [0, 0.1) is 0 Å². The molecule has 2 atom stereocenters. The lowest BCUT2D eigenvalue weighted by molar-refractivity contribution is -0.139. The number of carbonyl (C=O) groups is 1. The van der Waals surface area contributed by atoms with Crippen molar-refractivity contribution in [2.24, 2.45) is 0 Å². The van der Waals surface area contributed by atoms with Crippen LogP contribution in [-0.2, 0) is 21.1 Å². The molecule has 3 rings (SSSR count). The van der Waals surface area contributed by atoms with Gasteiger partial charge in [0.05, 0.1) is 11.5 Å². The van der Waals surface area contributed by atoms with Crippen molar-refractivity contribution in [1.29, 1.82) is 0 Å². The monoisotopic (exact) mass is 357 g/mol. The Morgan fingerprint density at radius 2 is 2.22 bits per heavy atom. The van der Waals surface area contributed by atoms with Gasteiger partial charge in [-0.25, -0.2) is 8.42 Å². The van der Waals surface area contributed by atoms with Gasteiger partial charge in [0, 0.05) is 24.0 Å². The van der Waals surface area contributed by atoms with E-state index in [1.807, 2.05) is 13.0 Å². The van der Waals surface area contributed by atoms with Crippen molar-refractivity contribution < 1.29 is 17.9 Å². The quantitative estimate of drug-likeness (QED) is 0.827. The molecule has 0 aromatic heterocycles. The number of ether oxygens (including phenoxy) is 1. The second-order valence-corrected chi connectivity index (χ2v) is 8.82. The van der Waals surface area contributed by atoms with E-state index >= 15 is 0 Å². The summed E-state index contributed by atoms with van der Waals surface area (Å²) in [5, 5.41) is 0.618. The van der Waals surface area contributed by atoms with Gasteiger partial charge in [-0.15, -0.1) is 0 Å². The summed E-state index contributed by atoms with van der Waals surface area (Å²) in [6, 6.07) is 5.09. The average molecular weight is 358 g/mol. The molecule has 2 heterocycles. The number of hydrogen-bond acceptors (Lipinski definition) is 4. The molecule has 1 amide bonds. The molecule has 1 fully saturated rings. The van der Waals surface area contributed by atoms with Crippen LogP contribution in [0.25, 0.3) is 0 Å². The molecule has 1 aromatic carbocycles. The summed E-state index contributed by atoms with van der Waals surface area (Å²) >= 11 is 5.98. The number of fused-ring (bicyclic) bond motifs is 1. The largest absolute Gasteiger partial charge is 0.480 e. The zero-order valence-corrected chi connectivity index (χ0v) is 14.6. The minimum absolute atomic E-state index is 0.0598. The molecule has 0 N–H and O–H groups in total. The molecule has 0 saturated carbocycles. The van der Waals surface area contributed by atoms with E-state index in [1.54, 1.807) is 17.0 Å². The molecule has 126 valence electrons. The Labute approximate surface area is 141 Å². The number of hydrogen-bond donors (Lipinski definition) is 0. The molecule has 7 heteroatoms. The minimum atomic E-state index is -3.03. The van der Waals surface area contributed by atoms with Crippen LogP contribution in [-0.4, -0.2) is 49.4 Å². The van der Waals surface area contributed by atoms with Gasteiger partial charge in [0.1, 0.15) is 5.75 Å². The number of carbonyl (C=O) groups excluding carboxylic acids is 1. The first-order chi connectivity index (χ1) is 10.9. The maximum Gasteiger partial charge on any atom is 0.264 e. The highest BCUT2D eigenvalue weighted by Gasteiger charge is 2.39. The first-order valence-electron chi connectivity index (χ1n) is 7.85. The van der Waals surface area contributed by atoms with Crippen LogP contribution in [0.3, 0.4) is 0 Å². The number of halogens is 1. The Morgan fingerprint density at radius 1 is 1.43 bits per heavy atom. The molecule has 1 aromatic rings. The lowest BCUT2D eigenvalue weighted by Gasteiger charge is -2.30. The summed E-state index contributed by atoms with van der Waals surface area (Å²) in [6.45, 7) is 2.53. The third-order valence-corrected chi connectivity index (χ3v) is 6.35. The number of sulfone groups is 1. The van der Waals surface area contributed by atoms with Crippen molar-refractivity contribution in [1.82, 2.24) is 4.90 Å². The fraction of sp³-hybridized carbons (Fsp3) is 0.562. The van der Waals surface area contributed by atoms with Gasteiger partial charge in [-0.3, -0.25) is 4.79 Å². The predicted octanol–water partition coefficient (Wildman–Crippen LogP) is 2.07. The van der Waals surface area contributed by atoms with E-state index in [0.29, 0.717) is 30.2 Å². The van der Waals surface area contributed by atoms with E-state index < -0.39 is 15.9 Å². The van der Waals surface area contributed by atoms with Gasteiger partial charge in [-0.1, -0.05) is 18.5 Å². The van der Waals surface area contributed by atoms with Crippen LogP contribution in [0.4, 0.5) is 0 Å². The summed E-state index contributed by atoms with van der Waals surface area (Å²) in [5.74, 6) is 0.779. The molecule has 5 nitrogen and oxygen atoms in total. The second-order valence-electron chi connectivity index (χ2n) is 6.15. The highest BCUT2D eigenvalue weighted by molar-refractivity contribution is 7.91. The molecule has 0 radical (unpaired) electrons. The van der Waals surface area contributed by atoms with Crippen molar-refractivity contribution in [2.45, 2.75) is 38.3 Å². The highest BCUT2D eigenvalue weighted by atomic mass is 35.5. The van der Waals surface area contributed by atoms with Gasteiger partial charge >= 0.3 is 0 Å². The number of amides is 1. The van der Waals surface area contributed by atoms with Gasteiger partial charge in [-0.05, 0) is 36.6 Å². The van der Waals surface area contributed by atoms with E-state index in [2.05, 4.69) is 0 Å². The lowest BCUT2D eigenvalue weighted by atomic mass is 10.1. The minimum Gasteiger partial charge on any atom is -0.480 e. The van der Waals surface area contributed by atoms with E-state index in [4.69, 9.17) is 16.3 Å². The maximum absolute atomic E-state index is 12.9. The van der Waals surface area contributed by atoms with Gasteiger partial charge in [0.15, 0.2) is 15.9 Å². The van der Waals surface area contributed by atoms with E-state index in [-0.39, 0.29) is 23.5 Å². The topological polar surface area (TPSA) is 63.7 Å². The summed E-state index contributed by atoms with van der Waals surface area (Å²) in [7, 11) is -3.03. The maximum atomic E-state index is 12.9. The van der Waals surface area contributed by atoms with Gasteiger partial charge < -0.3 is 9.64 Å². The molecule has 2 aliphatic heterocycles. The standard InChI is InChI=1S/C16H20ClNO4S/c1-2-6-18(13-5-7-23(20,21)10-13)16(19)15-9-11-8-12(17)3-4-14(11)22-15/h3-4,8,13,15H,2,5-7,9-10H2,1H3. The Kier molecular flexibility index (Phi) is 4.56. The molecule has 2 aliphatic rings. The smallest absolute Gasteiger partial charge is 0.264 e. The Hall–Kier alpha value is -1.27. The van der Waals surface area contributed by atoms with Gasteiger partial charge in [0.25, 0.3) is 5.91 Å². The van der Waals surface area contributed by atoms with E-state index in [9.17, 15) is 13.2 Å². The second kappa shape index (κ2) is 6.32. The van der Waals surface area contributed by atoms with Crippen LogP contribution in [0.5, 0.6) is 5.75 Å². The van der Waals surface area contributed by atoms with E-state index in [1.165, 1.54) is 0 Å². The third-order valence-electron chi connectivity index (χ3n) is 4.37. The first kappa shape index (κ1) is 16.6. The molecule has 0 aliphatic carbocycles. The van der Waals surface area contributed by atoms with Crippen molar-refractivity contribution >= 4 is 27.3 Å². The molecule has 0 bridgehead atoms. The number of rotatable bonds is 4. The lowest BCUT2D eigenvalue weighted by Crippen LogP contribution is -2.48. The van der Waals surface area contributed by atoms with Crippen LogP contribution in [0.1, 0.15) is 25.3 Å². The van der Waals surface area contributed by atoms with Gasteiger partial charge in [0.2, 0.25) is 0 Å². The Balaban J connectivity index is 1.75. The molecule has 2 unspecified atom stereocenters. The normalized spacial score (nSPS) is 25.0. The SMILES string of the molecule is CCCN(C(=O)C1Cc2cc(Cl)ccc2O1)C1CCS(=O)(=O)C1. The summed E-state index contributed by atoms with van der Waals surface area (Å²) in [5.41, 5.74) is 0.923. The van der Waals surface area contributed by atoms with Crippen molar-refractivity contribution in [2.75, 3.05) is 18.1 Å². The summed E-state index contributed by atoms with van der Waals surface area (Å²) in [4.78, 5) is 14.6. The summed E-state index contributed by atoms with van der Waals surface area (Å²) < 4.78 is 29.2. The Bertz CT molecular complexity index is 719. The Morgan fingerprint density at radius 3 is 2.87 bits per heavy atom. The third kappa shape index (κ3) is 3.48. The highest BCUT2D eigenvalue weighted by Crippen LogP contribution is 2.32. The predicted molar refractivity (Wildman–Crippen MR) is 88.6 cm³/mol. The first-order valence-corrected chi connectivity index (χ1v) is 10.1. The van der Waals surface area contributed by atoms with Crippen molar-refractivity contribution in [3.05, 3.63) is 28.8 Å². The van der Waals surface area contributed by atoms with Crippen LogP contribution < -0.4 is 4.74 Å². The number of benzene rings is 1. The van der Waals surface area contributed by atoms with Crippen molar-refractivity contribution in [3.63, 3.8) is 0 Å². The number of nitrogens with zero attached hydrogens (tertiary/aromatic N) is 1. The van der Waals surface area contributed by atoms with Crippen LogP contribution >= 0.6 is 11.6 Å². The average Bonchev–Trinajstić information content (AvgIpc) is 3.06. The molecule has 23 heavy (non-hydrogen) atoms. The van der Waals surface area contributed by atoms with E-state index in [0.717, 1.165) is 12.0 Å². The molecular weight excluding hydrogens is 338 g/mol. The molecule has 1 saturated heterocycles. The van der Waals surface area contributed by atoms with Crippen LogP contribution in [0.2, 0.25) is 5.02 Å². The van der Waals surface area contributed by atoms with Gasteiger partial charge in [-0.2, -0.15) is 0 Å². The summed E-state index contributed by atoms with van der Waals surface area (Å²) in [6.07, 6.45) is 1.19. The zero-order valence-electron chi connectivity index (χ0n) is 13.0. The zero-order chi connectivity index (χ0) is 16.6.